The van der Waals surface area contributed by atoms with Crippen molar-refractivity contribution < 1.29 is 9.21 Å². The minimum Gasteiger partial charge on any atom is -0.443 e. The zero-order valence-electron chi connectivity index (χ0n) is 11.8. The number of benzene rings is 1. The number of nitrogens with one attached hydrogen (secondary N) is 1. The molecule has 0 unspecified atom stereocenters. The van der Waals surface area contributed by atoms with Crippen LogP contribution < -0.4 is 5.32 Å². The third-order valence-corrected chi connectivity index (χ3v) is 4.27. The lowest BCUT2D eigenvalue weighted by molar-refractivity contribution is -0.115. The van der Waals surface area contributed by atoms with Gasteiger partial charge in [-0.3, -0.25) is 4.79 Å². The van der Waals surface area contributed by atoms with Crippen molar-refractivity contribution in [1.82, 2.24) is 9.36 Å². The van der Waals surface area contributed by atoms with E-state index in [4.69, 9.17) is 4.42 Å². The Hall–Kier alpha value is -2.21. The van der Waals surface area contributed by atoms with Crippen LogP contribution in [-0.4, -0.2) is 15.3 Å². The largest absolute Gasteiger partial charge is 0.443 e. The van der Waals surface area contributed by atoms with Gasteiger partial charge in [-0.05, 0) is 42.6 Å². The molecule has 0 aliphatic heterocycles. The van der Waals surface area contributed by atoms with Crippen LogP contribution in [0.1, 0.15) is 23.7 Å². The van der Waals surface area contributed by atoms with Crippen LogP contribution in [0.15, 0.2) is 29.0 Å². The van der Waals surface area contributed by atoms with Crippen LogP contribution in [0.5, 0.6) is 0 Å². The summed E-state index contributed by atoms with van der Waals surface area (Å²) in [6.07, 6.45) is 2.59. The average molecular weight is 301 g/mol. The normalized spacial score (nSPS) is 11.0. The predicted octanol–water partition coefficient (Wildman–Crippen LogP) is 3.34. The summed E-state index contributed by atoms with van der Waals surface area (Å²) in [5, 5.41) is 3.76. The minimum absolute atomic E-state index is 0.0488. The van der Waals surface area contributed by atoms with Gasteiger partial charge in [0.1, 0.15) is 10.5 Å². The van der Waals surface area contributed by atoms with E-state index in [2.05, 4.69) is 21.6 Å². The molecule has 6 heteroatoms. The molecule has 0 saturated heterocycles. The molecule has 5 nitrogen and oxygen atoms in total. The van der Waals surface area contributed by atoms with Gasteiger partial charge in [0.15, 0.2) is 12.0 Å². The molecule has 2 aromatic heterocycles. The highest BCUT2D eigenvalue weighted by Gasteiger charge is 2.12. The van der Waals surface area contributed by atoms with Crippen molar-refractivity contribution in [3.05, 3.63) is 41.4 Å². The summed E-state index contributed by atoms with van der Waals surface area (Å²) in [4.78, 5) is 16.2. The standard InChI is InChI=1S/C15H15N3O2S/c1-3-11-9(2)15(21-18-11)17-14(19)7-10-4-5-13-12(6-10)16-8-20-13/h4-6,8H,3,7H2,1-2H3,(H,17,19). The SMILES string of the molecule is CCc1nsc(NC(=O)Cc2ccc3ocnc3c2)c1C. The second-order valence-corrected chi connectivity index (χ2v) is 5.59. The van der Waals surface area contributed by atoms with E-state index in [1.54, 1.807) is 0 Å². The van der Waals surface area contributed by atoms with Crippen molar-refractivity contribution in [2.45, 2.75) is 26.7 Å². The molecule has 3 rings (SSSR count). The first kappa shape index (κ1) is 13.8. The molecule has 3 aromatic rings. The fraction of sp³-hybridized carbons (Fsp3) is 0.267. The number of amides is 1. The van der Waals surface area contributed by atoms with E-state index >= 15 is 0 Å². The summed E-state index contributed by atoms with van der Waals surface area (Å²) in [6, 6.07) is 5.58. The number of aromatic nitrogens is 2. The van der Waals surface area contributed by atoms with Gasteiger partial charge < -0.3 is 9.73 Å². The lowest BCUT2D eigenvalue weighted by atomic mass is 10.1. The van der Waals surface area contributed by atoms with Crippen LogP contribution in [0.3, 0.4) is 0 Å². The summed E-state index contributed by atoms with van der Waals surface area (Å²) in [5.74, 6) is -0.0488. The number of aryl methyl sites for hydroxylation is 1. The topological polar surface area (TPSA) is 68.0 Å². The molecule has 0 spiro atoms. The van der Waals surface area contributed by atoms with E-state index in [0.29, 0.717) is 6.42 Å². The van der Waals surface area contributed by atoms with Gasteiger partial charge in [-0.25, -0.2) is 4.98 Å². The van der Waals surface area contributed by atoms with E-state index in [-0.39, 0.29) is 5.91 Å². The molecular weight excluding hydrogens is 286 g/mol. The number of carbonyl (C=O) groups excluding carboxylic acids is 1. The summed E-state index contributed by atoms with van der Waals surface area (Å²) < 4.78 is 9.52. The molecule has 2 heterocycles. The highest BCUT2D eigenvalue weighted by Crippen LogP contribution is 2.24. The third-order valence-electron chi connectivity index (χ3n) is 3.37. The molecule has 0 bridgehead atoms. The molecule has 0 atom stereocenters. The highest BCUT2D eigenvalue weighted by atomic mass is 32.1. The highest BCUT2D eigenvalue weighted by molar-refractivity contribution is 7.10. The molecule has 1 N–H and O–H groups in total. The Balaban J connectivity index is 1.72. The quantitative estimate of drug-likeness (QED) is 0.802. The van der Waals surface area contributed by atoms with Gasteiger partial charge >= 0.3 is 0 Å². The number of fused-ring (bicyclic) bond motifs is 1. The van der Waals surface area contributed by atoms with Gasteiger partial charge in [-0.2, -0.15) is 4.37 Å². The van der Waals surface area contributed by atoms with Gasteiger partial charge in [0.25, 0.3) is 0 Å². The second-order valence-electron chi connectivity index (χ2n) is 4.82. The van der Waals surface area contributed by atoms with Crippen LogP contribution >= 0.6 is 11.5 Å². The molecule has 0 aliphatic rings. The Labute approximate surface area is 126 Å². The number of carbonyl (C=O) groups is 1. The number of hydrogen-bond donors (Lipinski definition) is 1. The molecule has 0 saturated carbocycles. The van der Waals surface area contributed by atoms with Crippen molar-refractivity contribution >= 4 is 33.5 Å². The molecule has 0 fully saturated rings. The van der Waals surface area contributed by atoms with Crippen LogP contribution in [-0.2, 0) is 17.6 Å². The molecule has 0 aliphatic carbocycles. The Morgan fingerprint density at radius 3 is 3.05 bits per heavy atom. The molecule has 0 radical (unpaired) electrons. The van der Waals surface area contributed by atoms with Gasteiger partial charge in [0, 0.05) is 5.56 Å². The monoisotopic (exact) mass is 301 g/mol. The number of nitrogens with zero attached hydrogens (tertiary/aromatic N) is 2. The third kappa shape index (κ3) is 2.80. The number of oxazole rings is 1. The zero-order valence-corrected chi connectivity index (χ0v) is 12.7. The van der Waals surface area contributed by atoms with Crippen molar-refractivity contribution in [3.8, 4) is 0 Å². The van der Waals surface area contributed by atoms with E-state index in [1.807, 2.05) is 25.1 Å². The van der Waals surface area contributed by atoms with E-state index in [1.165, 1.54) is 17.9 Å². The van der Waals surface area contributed by atoms with Crippen LogP contribution in [0.4, 0.5) is 5.00 Å². The summed E-state index contributed by atoms with van der Waals surface area (Å²) >= 11 is 1.33. The Bertz CT molecular complexity index is 791. The molecule has 1 aromatic carbocycles. The number of anilines is 1. The fourth-order valence-corrected chi connectivity index (χ4v) is 3.07. The van der Waals surface area contributed by atoms with Crippen molar-refractivity contribution in [1.29, 1.82) is 0 Å². The lowest BCUT2D eigenvalue weighted by Crippen LogP contribution is -2.14. The van der Waals surface area contributed by atoms with Crippen molar-refractivity contribution in [3.63, 3.8) is 0 Å². The van der Waals surface area contributed by atoms with Crippen molar-refractivity contribution in [2.75, 3.05) is 5.32 Å². The van der Waals surface area contributed by atoms with E-state index in [9.17, 15) is 4.79 Å². The molecule has 1 amide bonds. The maximum absolute atomic E-state index is 12.1. The number of rotatable bonds is 4. The Morgan fingerprint density at radius 2 is 2.29 bits per heavy atom. The maximum Gasteiger partial charge on any atom is 0.229 e. The first-order valence-electron chi connectivity index (χ1n) is 6.74. The molecule has 108 valence electrons. The van der Waals surface area contributed by atoms with Crippen LogP contribution in [0.25, 0.3) is 11.1 Å². The minimum atomic E-state index is -0.0488. The van der Waals surface area contributed by atoms with Crippen LogP contribution in [0, 0.1) is 6.92 Å². The zero-order chi connectivity index (χ0) is 14.8. The summed E-state index contributed by atoms with van der Waals surface area (Å²) in [7, 11) is 0. The Morgan fingerprint density at radius 1 is 1.43 bits per heavy atom. The second kappa shape index (κ2) is 5.65. The summed E-state index contributed by atoms with van der Waals surface area (Å²) in [5.41, 5.74) is 4.50. The first-order chi connectivity index (χ1) is 10.2. The van der Waals surface area contributed by atoms with Gasteiger partial charge in [-0.15, -0.1) is 0 Å². The Kier molecular flexibility index (Phi) is 3.70. The van der Waals surface area contributed by atoms with E-state index in [0.717, 1.165) is 39.3 Å². The summed E-state index contributed by atoms with van der Waals surface area (Å²) in [6.45, 7) is 4.04. The molecule has 21 heavy (non-hydrogen) atoms. The van der Waals surface area contributed by atoms with Crippen molar-refractivity contribution in [2.24, 2.45) is 0 Å². The predicted molar refractivity (Wildman–Crippen MR) is 82.6 cm³/mol. The fourth-order valence-electron chi connectivity index (χ4n) is 2.18. The van der Waals surface area contributed by atoms with Crippen LogP contribution in [0.2, 0.25) is 0 Å². The first-order valence-corrected chi connectivity index (χ1v) is 7.52. The van der Waals surface area contributed by atoms with Gasteiger partial charge in [0.05, 0.1) is 12.1 Å². The van der Waals surface area contributed by atoms with Gasteiger partial charge in [-0.1, -0.05) is 13.0 Å². The molecular formula is C15H15N3O2S. The lowest BCUT2D eigenvalue weighted by Gasteiger charge is -2.04. The van der Waals surface area contributed by atoms with E-state index < -0.39 is 0 Å². The number of hydrogen-bond acceptors (Lipinski definition) is 5. The smallest absolute Gasteiger partial charge is 0.229 e. The average Bonchev–Trinajstić information content (AvgIpc) is 3.06. The van der Waals surface area contributed by atoms with Gasteiger partial charge in [0.2, 0.25) is 5.91 Å². The maximum atomic E-state index is 12.1.